The summed E-state index contributed by atoms with van der Waals surface area (Å²) < 4.78 is 31.6. The Labute approximate surface area is 136 Å². The van der Waals surface area contributed by atoms with Crippen molar-refractivity contribution in [1.29, 1.82) is 0 Å². The fourth-order valence-electron chi connectivity index (χ4n) is 1.98. The number of hydrogen-bond donors (Lipinski definition) is 2. The largest absolute Gasteiger partial charge is 0.481 e. The smallest absolute Gasteiger partial charge is 0.305 e. The number of benzene rings is 2. The topological polar surface area (TPSA) is 75.6 Å². The van der Waals surface area contributed by atoms with Crippen molar-refractivity contribution in [3.05, 3.63) is 59.7 Å². The van der Waals surface area contributed by atoms with Gasteiger partial charge in [-0.15, -0.1) is 0 Å². The molecule has 0 bridgehead atoms. The van der Waals surface area contributed by atoms with Crippen molar-refractivity contribution >= 4 is 11.9 Å². The number of ether oxygens (including phenoxy) is 1. The molecule has 126 valence electrons. The van der Waals surface area contributed by atoms with Gasteiger partial charge in [0.25, 0.3) is 5.91 Å². The van der Waals surface area contributed by atoms with Gasteiger partial charge in [0, 0.05) is 17.7 Å². The third-order valence-corrected chi connectivity index (χ3v) is 3.10. The van der Waals surface area contributed by atoms with Gasteiger partial charge in [0.2, 0.25) is 0 Å². The SMILES string of the molecule is C[C@H](CC(=O)O)NC(=O)c1ccc(Oc2ccc(F)cc2F)cc1. The average Bonchev–Trinajstić information content (AvgIpc) is 2.50. The number of nitrogens with one attached hydrogen (secondary N) is 1. The number of amides is 1. The van der Waals surface area contributed by atoms with Gasteiger partial charge in [0.15, 0.2) is 11.6 Å². The van der Waals surface area contributed by atoms with E-state index in [2.05, 4.69) is 5.32 Å². The summed E-state index contributed by atoms with van der Waals surface area (Å²) >= 11 is 0. The highest BCUT2D eigenvalue weighted by atomic mass is 19.1. The Morgan fingerprint density at radius 1 is 1.17 bits per heavy atom. The Morgan fingerprint density at radius 2 is 1.83 bits per heavy atom. The summed E-state index contributed by atoms with van der Waals surface area (Å²) in [5.41, 5.74) is 0.305. The van der Waals surface area contributed by atoms with Crippen molar-refractivity contribution in [2.24, 2.45) is 0 Å². The predicted octanol–water partition coefficient (Wildman–Crippen LogP) is 3.35. The third-order valence-electron chi connectivity index (χ3n) is 3.10. The first-order valence-electron chi connectivity index (χ1n) is 7.11. The highest BCUT2D eigenvalue weighted by Crippen LogP contribution is 2.25. The fourth-order valence-corrected chi connectivity index (χ4v) is 1.98. The Morgan fingerprint density at radius 3 is 2.42 bits per heavy atom. The van der Waals surface area contributed by atoms with Gasteiger partial charge in [-0.2, -0.15) is 0 Å². The van der Waals surface area contributed by atoms with E-state index in [1.165, 1.54) is 30.3 Å². The molecule has 5 nitrogen and oxygen atoms in total. The molecule has 0 aliphatic heterocycles. The van der Waals surface area contributed by atoms with Gasteiger partial charge in [-0.05, 0) is 43.3 Å². The summed E-state index contributed by atoms with van der Waals surface area (Å²) in [4.78, 5) is 22.5. The van der Waals surface area contributed by atoms with Crippen molar-refractivity contribution in [2.45, 2.75) is 19.4 Å². The zero-order valence-corrected chi connectivity index (χ0v) is 12.8. The van der Waals surface area contributed by atoms with Crippen LogP contribution in [0, 0.1) is 11.6 Å². The van der Waals surface area contributed by atoms with Gasteiger partial charge in [-0.3, -0.25) is 9.59 Å². The molecule has 0 heterocycles. The van der Waals surface area contributed by atoms with Gasteiger partial charge in [0.05, 0.1) is 6.42 Å². The molecule has 2 aromatic carbocycles. The van der Waals surface area contributed by atoms with Crippen LogP contribution in [0.15, 0.2) is 42.5 Å². The van der Waals surface area contributed by atoms with Crippen LogP contribution in [0.5, 0.6) is 11.5 Å². The van der Waals surface area contributed by atoms with Crippen LogP contribution in [0.4, 0.5) is 8.78 Å². The zero-order valence-electron chi connectivity index (χ0n) is 12.8. The van der Waals surface area contributed by atoms with E-state index in [1.807, 2.05) is 0 Å². The molecule has 2 N–H and O–H groups in total. The maximum Gasteiger partial charge on any atom is 0.305 e. The summed E-state index contributed by atoms with van der Waals surface area (Å²) in [5.74, 6) is -2.84. The molecule has 0 aliphatic rings. The number of hydrogen-bond acceptors (Lipinski definition) is 3. The lowest BCUT2D eigenvalue weighted by atomic mass is 10.1. The molecule has 0 aromatic heterocycles. The van der Waals surface area contributed by atoms with Crippen molar-refractivity contribution in [1.82, 2.24) is 5.32 Å². The molecule has 0 saturated carbocycles. The van der Waals surface area contributed by atoms with Crippen LogP contribution in [0.1, 0.15) is 23.7 Å². The molecule has 7 heteroatoms. The molecule has 0 radical (unpaired) electrons. The molecule has 0 unspecified atom stereocenters. The minimum absolute atomic E-state index is 0.135. The average molecular weight is 335 g/mol. The van der Waals surface area contributed by atoms with E-state index in [1.54, 1.807) is 6.92 Å². The van der Waals surface area contributed by atoms with Crippen LogP contribution in [0.25, 0.3) is 0 Å². The number of carbonyl (C=O) groups is 2. The predicted molar refractivity (Wildman–Crippen MR) is 82.1 cm³/mol. The molecule has 2 aromatic rings. The molecule has 24 heavy (non-hydrogen) atoms. The van der Waals surface area contributed by atoms with E-state index in [-0.39, 0.29) is 17.9 Å². The first-order valence-corrected chi connectivity index (χ1v) is 7.11. The number of carboxylic acids is 1. The van der Waals surface area contributed by atoms with Gasteiger partial charge < -0.3 is 15.2 Å². The Bertz CT molecular complexity index is 747. The molecule has 1 atom stereocenters. The number of carbonyl (C=O) groups excluding carboxylic acids is 1. The highest BCUT2D eigenvalue weighted by molar-refractivity contribution is 5.94. The van der Waals surface area contributed by atoms with E-state index in [0.717, 1.165) is 6.07 Å². The number of halogens is 2. The van der Waals surface area contributed by atoms with E-state index < -0.39 is 29.6 Å². The van der Waals surface area contributed by atoms with E-state index in [9.17, 15) is 18.4 Å². The van der Waals surface area contributed by atoms with E-state index >= 15 is 0 Å². The second-order valence-electron chi connectivity index (χ2n) is 5.17. The molecular weight excluding hydrogens is 320 g/mol. The second-order valence-corrected chi connectivity index (χ2v) is 5.17. The first kappa shape index (κ1) is 17.4. The summed E-state index contributed by atoms with van der Waals surface area (Å²) in [7, 11) is 0. The standard InChI is InChI=1S/C17H15F2NO4/c1-10(8-16(21)22)20-17(23)11-2-5-13(6-3-11)24-15-7-4-12(18)9-14(15)19/h2-7,9-10H,8H2,1H3,(H,20,23)(H,21,22)/t10-/m1/s1. The van der Waals surface area contributed by atoms with E-state index in [0.29, 0.717) is 11.6 Å². The molecule has 0 saturated heterocycles. The van der Waals surface area contributed by atoms with Crippen LogP contribution in [-0.2, 0) is 4.79 Å². The van der Waals surface area contributed by atoms with Crippen LogP contribution < -0.4 is 10.1 Å². The Balaban J connectivity index is 2.02. The quantitative estimate of drug-likeness (QED) is 0.849. The number of aliphatic carboxylic acids is 1. The first-order chi connectivity index (χ1) is 11.3. The van der Waals surface area contributed by atoms with E-state index in [4.69, 9.17) is 9.84 Å². The van der Waals surface area contributed by atoms with Crippen LogP contribution in [-0.4, -0.2) is 23.0 Å². The van der Waals surface area contributed by atoms with Crippen molar-refractivity contribution < 1.29 is 28.2 Å². The normalized spacial score (nSPS) is 11.6. The van der Waals surface area contributed by atoms with Crippen LogP contribution in [0.2, 0.25) is 0 Å². The zero-order chi connectivity index (χ0) is 17.7. The summed E-state index contributed by atoms with van der Waals surface area (Å²) in [6.45, 7) is 1.58. The van der Waals surface area contributed by atoms with Gasteiger partial charge in [0.1, 0.15) is 11.6 Å². The summed E-state index contributed by atoms with van der Waals surface area (Å²) in [6, 6.07) is 8.27. The maximum atomic E-state index is 13.5. The van der Waals surface area contributed by atoms with Crippen molar-refractivity contribution in [2.75, 3.05) is 0 Å². The van der Waals surface area contributed by atoms with Crippen LogP contribution >= 0.6 is 0 Å². The highest BCUT2D eigenvalue weighted by Gasteiger charge is 2.13. The second kappa shape index (κ2) is 7.54. The minimum Gasteiger partial charge on any atom is -0.481 e. The lowest BCUT2D eigenvalue weighted by Gasteiger charge is -2.12. The van der Waals surface area contributed by atoms with Crippen molar-refractivity contribution in [3.63, 3.8) is 0 Å². The molecule has 0 spiro atoms. The lowest BCUT2D eigenvalue weighted by Crippen LogP contribution is -2.34. The van der Waals surface area contributed by atoms with Crippen molar-refractivity contribution in [3.8, 4) is 11.5 Å². The Kier molecular flexibility index (Phi) is 5.47. The number of rotatable bonds is 6. The number of carboxylic acid groups (broad SMARTS) is 1. The minimum atomic E-state index is -1.01. The van der Waals surface area contributed by atoms with Gasteiger partial charge in [-0.1, -0.05) is 0 Å². The maximum absolute atomic E-state index is 13.5. The third kappa shape index (κ3) is 4.77. The van der Waals surface area contributed by atoms with Gasteiger partial charge in [-0.25, -0.2) is 8.78 Å². The fraction of sp³-hybridized carbons (Fsp3) is 0.176. The molecule has 0 aliphatic carbocycles. The molecule has 0 fully saturated rings. The van der Waals surface area contributed by atoms with Gasteiger partial charge >= 0.3 is 5.97 Å². The molecule has 2 rings (SSSR count). The lowest BCUT2D eigenvalue weighted by molar-refractivity contribution is -0.137. The Hall–Kier alpha value is -2.96. The van der Waals surface area contributed by atoms with Crippen LogP contribution in [0.3, 0.4) is 0 Å². The summed E-state index contributed by atoms with van der Waals surface area (Å²) in [5, 5.41) is 11.2. The summed E-state index contributed by atoms with van der Waals surface area (Å²) in [6.07, 6.45) is -0.184. The molecule has 1 amide bonds. The molecular formula is C17H15F2NO4. The monoisotopic (exact) mass is 335 g/mol.